The average Bonchev–Trinajstić information content (AvgIpc) is 2.83. The third kappa shape index (κ3) is 8.09. The van der Waals surface area contributed by atoms with Crippen molar-refractivity contribution in [2.24, 2.45) is 0 Å². The minimum absolute atomic E-state index is 0.175. The summed E-state index contributed by atoms with van der Waals surface area (Å²) >= 11 is 7.50. The Hall–Kier alpha value is -2.51. The van der Waals surface area contributed by atoms with Crippen LogP contribution in [0.5, 0.6) is 0 Å². The molecule has 3 rings (SSSR count). The molecule has 0 amide bonds. The molecule has 0 aliphatic carbocycles. The first-order valence-electron chi connectivity index (χ1n) is 11.3. The first kappa shape index (κ1) is 25.1. The predicted molar refractivity (Wildman–Crippen MR) is 133 cm³/mol. The molecule has 0 saturated heterocycles. The Morgan fingerprint density at radius 2 is 1.73 bits per heavy atom. The van der Waals surface area contributed by atoms with Crippen molar-refractivity contribution in [1.29, 1.82) is 0 Å². The number of aryl methyl sites for hydroxylation is 1. The lowest BCUT2D eigenvalue weighted by Gasteiger charge is -2.11. The highest BCUT2D eigenvalue weighted by Gasteiger charge is 2.10. The van der Waals surface area contributed by atoms with E-state index >= 15 is 0 Å². The first-order chi connectivity index (χ1) is 16.1. The van der Waals surface area contributed by atoms with Crippen LogP contribution in [0.3, 0.4) is 0 Å². The summed E-state index contributed by atoms with van der Waals surface area (Å²) in [5.74, 6) is 1.09. The molecule has 0 aliphatic heterocycles. The summed E-state index contributed by atoms with van der Waals surface area (Å²) in [6, 6.07) is 7.08. The van der Waals surface area contributed by atoms with E-state index in [1.807, 2.05) is 10.8 Å². The summed E-state index contributed by atoms with van der Waals surface area (Å²) in [5.41, 5.74) is 2.10. The highest BCUT2D eigenvalue weighted by atomic mass is 35.5. The molecule has 0 aliphatic rings. The van der Waals surface area contributed by atoms with Gasteiger partial charge in [0.1, 0.15) is 6.33 Å². The van der Waals surface area contributed by atoms with Gasteiger partial charge < -0.3 is 4.57 Å². The lowest BCUT2D eigenvalue weighted by Crippen LogP contribution is -2.19. The van der Waals surface area contributed by atoms with Gasteiger partial charge in [0.15, 0.2) is 10.9 Å². The number of thioether (sulfide) groups is 1. The maximum Gasteiger partial charge on any atom is 0.277 e. The molecule has 2 aromatic heterocycles. The van der Waals surface area contributed by atoms with Crippen LogP contribution in [-0.2, 0) is 13.0 Å². The molecule has 0 unspecified atom stereocenters. The van der Waals surface area contributed by atoms with Gasteiger partial charge in [-0.05, 0) is 49.6 Å². The van der Waals surface area contributed by atoms with Crippen LogP contribution in [0.25, 0.3) is 0 Å². The fourth-order valence-electron chi connectivity index (χ4n) is 3.49. The molecule has 6 nitrogen and oxygen atoms in total. The second-order valence-corrected chi connectivity index (χ2v) is 9.36. The van der Waals surface area contributed by atoms with Crippen molar-refractivity contribution in [3.63, 3.8) is 0 Å². The maximum absolute atomic E-state index is 12.5. The molecule has 0 N–H and O–H groups in total. The van der Waals surface area contributed by atoms with E-state index in [0.717, 1.165) is 60.7 Å². The molecule has 8 heteroatoms. The number of rotatable bonds is 13. The van der Waals surface area contributed by atoms with E-state index in [9.17, 15) is 9.59 Å². The second kappa shape index (κ2) is 13.3. The Labute approximate surface area is 203 Å². The fraction of sp³-hybridized carbons (Fsp3) is 0.400. The number of carbonyl (C=O) groups excluding carboxylic acids is 1. The number of unbranched alkanes of at least 4 members (excludes halogenated alkanes) is 4. The monoisotopic (exact) mass is 484 g/mol. The van der Waals surface area contributed by atoms with E-state index in [0.29, 0.717) is 23.4 Å². The van der Waals surface area contributed by atoms with Crippen molar-refractivity contribution < 1.29 is 4.79 Å². The summed E-state index contributed by atoms with van der Waals surface area (Å²) < 4.78 is 2.04. The van der Waals surface area contributed by atoms with Crippen molar-refractivity contribution in [3.05, 3.63) is 81.3 Å². The van der Waals surface area contributed by atoms with Crippen LogP contribution < -0.4 is 5.56 Å². The number of aromatic nitrogens is 4. The molecule has 0 atom stereocenters. The second-order valence-electron chi connectivity index (χ2n) is 7.86. The van der Waals surface area contributed by atoms with Gasteiger partial charge in [0.05, 0.1) is 0 Å². The molecule has 0 bridgehead atoms. The summed E-state index contributed by atoms with van der Waals surface area (Å²) in [5, 5.41) is 1.41. The van der Waals surface area contributed by atoms with E-state index in [4.69, 9.17) is 11.6 Å². The van der Waals surface area contributed by atoms with Crippen LogP contribution in [0.15, 0.2) is 59.1 Å². The van der Waals surface area contributed by atoms with Crippen molar-refractivity contribution in [3.8, 4) is 0 Å². The minimum Gasteiger partial charge on any atom is -0.327 e. The standard InChI is InChI=1S/C25H29ClN4O2S/c1-2-30-17-21(14-19-15-27-18-28-16-19)24(32)29-25(30)33-13-7-5-3-4-6-8-23(31)20-9-11-22(26)12-10-20/h9-12,15-18H,2-8,13-14H2,1H3. The number of ketones is 1. The molecule has 1 aromatic carbocycles. The SMILES string of the molecule is CCn1cc(Cc2cncnc2)c(=O)nc1SCCCCCCCC(=O)c1ccc(Cl)cc1. The quantitative estimate of drug-likeness (QED) is 0.136. The van der Waals surface area contributed by atoms with Gasteiger partial charge in [0.25, 0.3) is 5.56 Å². The Balaban J connectivity index is 1.37. The molecule has 2 heterocycles. The Bertz CT molecular complexity index is 1090. The van der Waals surface area contributed by atoms with Crippen LogP contribution in [0.1, 0.15) is 66.9 Å². The largest absolute Gasteiger partial charge is 0.327 e. The van der Waals surface area contributed by atoms with E-state index in [-0.39, 0.29) is 11.3 Å². The molecule has 0 saturated carbocycles. The number of nitrogens with zero attached hydrogens (tertiary/aromatic N) is 4. The van der Waals surface area contributed by atoms with Crippen molar-refractivity contribution in [2.75, 3.05) is 5.75 Å². The van der Waals surface area contributed by atoms with E-state index < -0.39 is 0 Å². The van der Waals surface area contributed by atoms with Crippen LogP contribution in [0.2, 0.25) is 5.02 Å². The van der Waals surface area contributed by atoms with Crippen LogP contribution in [0, 0.1) is 0 Å². The molecule has 33 heavy (non-hydrogen) atoms. The van der Waals surface area contributed by atoms with Crippen LogP contribution in [-0.4, -0.2) is 31.1 Å². The Kier molecular flexibility index (Phi) is 10.1. The summed E-state index contributed by atoms with van der Waals surface area (Å²) in [6.45, 7) is 2.81. The van der Waals surface area contributed by atoms with Gasteiger partial charge in [-0.3, -0.25) is 9.59 Å². The van der Waals surface area contributed by atoms with Gasteiger partial charge >= 0.3 is 0 Å². The maximum atomic E-state index is 12.5. The van der Waals surface area contributed by atoms with Gasteiger partial charge in [-0.25, -0.2) is 9.97 Å². The predicted octanol–water partition coefficient (Wildman–Crippen LogP) is 5.61. The Morgan fingerprint density at radius 3 is 2.45 bits per heavy atom. The molecule has 0 radical (unpaired) electrons. The minimum atomic E-state index is -0.184. The zero-order valence-corrected chi connectivity index (χ0v) is 20.4. The van der Waals surface area contributed by atoms with Gasteiger partial charge in [-0.1, -0.05) is 42.6 Å². The lowest BCUT2D eigenvalue weighted by molar-refractivity contribution is 0.0979. The van der Waals surface area contributed by atoms with Gasteiger partial charge in [0.2, 0.25) is 0 Å². The van der Waals surface area contributed by atoms with E-state index in [1.165, 1.54) is 6.33 Å². The molecule has 3 aromatic rings. The van der Waals surface area contributed by atoms with Gasteiger partial charge in [-0.15, -0.1) is 0 Å². The van der Waals surface area contributed by atoms with Gasteiger partial charge in [-0.2, -0.15) is 4.98 Å². The molecule has 0 spiro atoms. The Morgan fingerprint density at radius 1 is 1.03 bits per heavy atom. The summed E-state index contributed by atoms with van der Waals surface area (Å²) in [6.07, 6.45) is 13.1. The highest BCUT2D eigenvalue weighted by Crippen LogP contribution is 2.19. The number of halogens is 1. The zero-order valence-electron chi connectivity index (χ0n) is 18.9. The lowest BCUT2D eigenvalue weighted by atomic mass is 10.0. The van der Waals surface area contributed by atoms with E-state index in [2.05, 4.69) is 21.9 Å². The molecule has 174 valence electrons. The van der Waals surface area contributed by atoms with Gasteiger partial charge in [0, 0.05) is 59.9 Å². The third-order valence-corrected chi connectivity index (χ3v) is 6.65. The van der Waals surface area contributed by atoms with Crippen LogP contribution >= 0.6 is 23.4 Å². The number of hydrogen-bond donors (Lipinski definition) is 0. The molecular formula is C25H29ClN4O2S. The highest BCUT2D eigenvalue weighted by molar-refractivity contribution is 7.99. The molecular weight excluding hydrogens is 456 g/mol. The number of carbonyl (C=O) groups is 1. The zero-order chi connectivity index (χ0) is 23.5. The normalized spacial score (nSPS) is 11.0. The third-order valence-electron chi connectivity index (χ3n) is 5.32. The topological polar surface area (TPSA) is 77.7 Å². The van der Waals surface area contributed by atoms with E-state index in [1.54, 1.807) is 48.4 Å². The summed E-state index contributed by atoms with van der Waals surface area (Å²) in [4.78, 5) is 37.0. The van der Waals surface area contributed by atoms with Crippen molar-refractivity contribution >= 4 is 29.1 Å². The van der Waals surface area contributed by atoms with Crippen molar-refractivity contribution in [2.45, 2.75) is 63.6 Å². The van der Waals surface area contributed by atoms with Crippen molar-refractivity contribution in [1.82, 2.24) is 19.5 Å². The fourth-order valence-corrected chi connectivity index (χ4v) is 4.64. The first-order valence-corrected chi connectivity index (χ1v) is 12.7. The van der Waals surface area contributed by atoms with Crippen LogP contribution in [0.4, 0.5) is 0 Å². The number of hydrogen-bond acceptors (Lipinski definition) is 6. The summed E-state index contributed by atoms with van der Waals surface area (Å²) in [7, 11) is 0. The number of benzene rings is 1. The molecule has 0 fully saturated rings. The smallest absolute Gasteiger partial charge is 0.277 e. The average molecular weight is 485 g/mol. The number of Topliss-reactive ketones (excluding diaryl/α,β-unsaturated/α-hetero) is 1.